The van der Waals surface area contributed by atoms with Crippen LogP contribution in [0.5, 0.6) is 0 Å². The molecule has 5 heteroatoms. The first kappa shape index (κ1) is 14.4. The minimum atomic E-state index is 0.0286. The lowest BCUT2D eigenvalue weighted by atomic mass is 10.2. The van der Waals surface area contributed by atoms with E-state index in [0.29, 0.717) is 19.4 Å². The Morgan fingerprint density at radius 3 is 2.89 bits per heavy atom. The number of carbonyl (C=O) groups is 1. The van der Waals surface area contributed by atoms with Crippen LogP contribution in [0.1, 0.15) is 25.3 Å². The molecule has 1 unspecified atom stereocenters. The Bertz CT molecular complexity index is 390. The molecule has 3 N–H and O–H groups in total. The Kier molecular flexibility index (Phi) is 5.58. The maximum Gasteiger partial charge on any atom is 0.220 e. The highest BCUT2D eigenvalue weighted by atomic mass is 16.1. The van der Waals surface area contributed by atoms with Gasteiger partial charge in [-0.15, -0.1) is 0 Å². The number of aromatic nitrogens is 1. The summed E-state index contributed by atoms with van der Waals surface area (Å²) in [6.07, 6.45) is 2.92. The maximum absolute atomic E-state index is 11.6. The molecule has 0 saturated heterocycles. The van der Waals surface area contributed by atoms with Crippen LogP contribution in [0.4, 0.5) is 5.82 Å². The molecule has 5 nitrogen and oxygen atoms in total. The standard InChI is InChI=1S/C13H22N4O/c1-10(14)6-7-12(18)16-9-11-5-4-8-15-13(11)17(2)3/h4-5,8,10H,6-7,9,14H2,1-3H3,(H,16,18). The highest BCUT2D eigenvalue weighted by Gasteiger charge is 2.07. The van der Waals surface area contributed by atoms with Gasteiger partial charge < -0.3 is 16.0 Å². The lowest BCUT2D eigenvalue weighted by molar-refractivity contribution is -0.121. The van der Waals surface area contributed by atoms with Gasteiger partial charge >= 0.3 is 0 Å². The Balaban J connectivity index is 2.50. The largest absolute Gasteiger partial charge is 0.362 e. The predicted molar refractivity (Wildman–Crippen MR) is 73.3 cm³/mol. The number of nitrogens with one attached hydrogen (secondary N) is 1. The van der Waals surface area contributed by atoms with Crippen LogP contribution in [0.3, 0.4) is 0 Å². The third kappa shape index (κ3) is 4.71. The monoisotopic (exact) mass is 250 g/mol. The van der Waals surface area contributed by atoms with Crippen molar-refractivity contribution in [2.45, 2.75) is 32.4 Å². The van der Waals surface area contributed by atoms with Gasteiger partial charge in [-0.25, -0.2) is 4.98 Å². The van der Waals surface area contributed by atoms with E-state index in [9.17, 15) is 4.79 Å². The van der Waals surface area contributed by atoms with Crippen molar-refractivity contribution in [3.05, 3.63) is 23.9 Å². The zero-order valence-corrected chi connectivity index (χ0v) is 11.3. The molecule has 1 rings (SSSR count). The lowest BCUT2D eigenvalue weighted by Gasteiger charge is -2.16. The van der Waals surface area contributed by atoms with Gasteiger partial charge in [0.15, 0.2) is 0 Å². The van der Waals surface area contributed by atoms with Gasteiger partial charge in [0.2, 0.25) is 5.91 Å². The number of anilines is 1. The van der Waals surface area contributed by atoms with Crippen LogP contribution in [0, 0.1) is 0 Å². The molecule has 0 aromatic carbocycles. The molecule has 1 atom stereocenters. The molecule has 0 aliphatic carbocycles. The summed E-state index contributed by atoms with van der Waals surface area (Å²) in [5, 5.41) is 2.89. The first-order valence-corrected chi connectivity index (χ1v) is 6.14. The maximum atomic E-state index is 11.6. The number of amides is 1. The molecule has 0 fully saturated rings. The second-order valence-electron chi connectivity index (χ2n) is 4.67. The molecule has 1 aromatic heterocycles. The lowest BCUT2D eigenvalue weighted by Crippen LogP contribution is -2.26. The molecular weight excluding hydrogens is 228 g/mol. The van der Waals surface area contributed by atoms with Gasteiger partial charge in [-0.2, -0.15) is 0 Å². The summed E-state index contributed by atoms with van der Waals surface area (Å²) in [6.45, 7) is 2.40. The topological polar surface area (TPSA) is 71.2 Å². The number of nitrogens with two attached hydrogens (primary N) is 1. The molecule has 18 heavy (non-hydrogen) atoms. The molecule has 0 radical (unpaired) electrons. The van der Waals surface area contributed by atoms with Crippen molar-refractivity contribution in [3.63, 3.8) is 0 Å². The fraction of sp³-hybridized carbons (Fsp3) is 0.538. The highest BCUT2D eigenvalue weighted by molar-refractivity contribution is 5.76. The van der Waals surface area contributed by atoms with Crippen molar-refractivity contribution in [3.8, 4) is 0 Å². The Hall–Kier alpha value is -1.62. The predicted octanol–water partition coefficient (Wildman–Crippen LogP) is 0.891. The Morgan fingerprint density at radius 2 is 2.28 bits per heavy atom. The molecule has 0 aliphatic heterocycles. The zero-order chi connectivity index (χ0) is 13.5. The van der Waals surface area contributed by atoms with Crippen LogP contribution in [0.25, 0.3) is 0 Å². The van der Waals surface area contributed by atoms with Crippen molar-refractivity contribution in [1.29, 1.82) is 0 Å². The van der Waals surface area contributed by atoms with Gasteiger partial charge in [0, 0.05) is 44.9 Å². The van der Waals surface area contributed by atoms with E-state index in [2.05, 4.69) is 10.3 Å². The normalized spacial score (nSPS) is 12.0. The van der Waals surface area contributed by atoms with Crippen LogP contribution in [0.2, 0.25) is 0 Å². The molecule has 0 saturated carbocycles. The average Bonchev–Trinajstić information content (AvgIpc) is 2.34. The molecule has 0 spiro atoms. The van der Waals surface area contributed by atoms with E-state index >= 15 is 0 Å². The van der Waals surface area contributed by atoms with E-state index < -0.39 is 0 Å². The molecule has 1 heterocycles. The number of hydrogen-bond acceptors (Lipinski definition) is 4. The van der Waals surface area contributed by atoms with Crippen LogP contribution in [-0.2, 0) is 11.3 Å². The molecule has 1 aromatic rings. The zero-order valence-electron chi connectivity index (χ0n) is 11.3. The second kappa shape index (κ2) is 6.96. The SMILES string of the molecule is CC(N)CCC(=O)NCc1cccnc1N(C)C. The third-order valence-corrected chi connectivity index (χ3v) is 2.59. The van der Waals surface area contributed by atoms with Crippen LogP contribution < -0.4 is 16.0 Å². The van der Waals surface area contributed by atoms with Gasteiger partial charge in [-0.1, -0.05) is 6.07 Å². The summed E-state index contributed by atoms with van der Waals surface area (Å²) in [7, 11) is 3.87. The van der Waals surface area contributed by atoms with Crippen LogP contribution >= 0.6 is 0 Å². The highest BCUT2D eigenvalue weighted by Crippen LogP contribution is 2.13. The summed E-state index contributed by atoms with van der Waals surface area (Å²) in [4.78, 5) is 17.8. The van der Waals surface area contributed by atoms with Crippen LogP contribution in [-0.4, -0.2) is 31.0 Å². The van der Waals surface area contributed by atoms with E-state index in [1.165, 1.54) is 0 Å². The van der Waals surface area contributed by atoms with Gasteiger partial charge in [0.1, 0.15) is 5.82 Å². The fourth-order valence-corrected chi connectivity index (χ4v) is 1.61. The number of rotatable bonds is 6. The van der Waals surface area contributed by atoms with Crippen molar-refractivity contribution in [1.82, 2.24) is 10.3 Å². The fourth-order valence-electron chi connectivity index (χ4n) is 1.61. The smallest absolute Gasteiger partial charge is 0.220 e. The molecule has 100 valence electrons. The van der Waals surface area contributed by atoms with Gasteiger partial charge in [-0.3, -0.25) is 4.79 Å². The van der Waals surface area contributed by atoms with Gasteiger partial charge in [0.05, 0.1) is 0 Å². The minimum absolute atomic E-state index is 0.0286. The summed E-state index contributed by atoms with van der Waals surface area (Å²) in [5.74, 6) is 0.908. The summed E-state index contributed by atoms with van der Waals surface area (Å²) in [6, 6.07) is 3.90. The van der Waals surface area contributed by atoms with Crippen molar-refractivity contribution in [2.75, 3.05) is 19.0 Å². The van der Waals surface area contributed by atoms with Gasteiger partial charge in [0.25, 0.3) is 0 Å². The molecule has 1 amide bonds. The van der Waals surface area contributed by atoms with Crippen molar-refractivity contribution in [2.24, 2.45) is 5.73 Å². The quantitative estimate of drug-likeness (QED) is 0.786. The first-order valence-electron chi connectivity index (χ1n) is 6.14. The summed E-state index contributed by atoms with van der Waals surface area (Å²) >= 11 is 0. The van der Waals surface area contributed by atoms with E-state index in [4.69, 9.17) is 5.73 Å². The van der Waals surface area contributed by atoms with E-state index in [1.807, 2.05) is 38.1 Å². The summed E-state index contributed by atoms with van der Waals surface area (Å²) < 4.78 is 0. The van der Waals surface area contributed by atoms with E-state index in [0.717, 1.165) is 11.4 Å². The average molecular weight is 250 g/mol. The van der Waals surface area contributed by atoms with Crippen LogP contribution in [0.15, 0.2) is 18.3 Å². The molecule has 0 bridgehead atoms. The van der Waals surface area contributed by atoms with Gasteiger partial charge in [-0.05, 0) is 19.4 Å². The second-order valence-corrected chi connectivity index (χ2v) is 4.67. The molecule has 0 aliphatic rings. The number of carbonyl (C=O) groups excluding carboxylic acids is 1. The minimum Gasteiger partial charge on any atom is -0.362 e. The number of pyridine rings is 1. The Morgan fingerprint density at radius 1 is 1.56 bits per heavy atom. The first-order chi connectivity index (χ1) is 8.50. The number of hydrogen-bond donors (Lipinski definition) is 2. The molecular formula is C13H22N4O. The Labute approximate surface area is 108 Å². The van der Waals surface area contributed by atoms with Crippen molar-refractivity contribution >= 4 is 11.7 Å². The van der Waals surface area contributed by atoms with E-state index in [-0.39, 0.29) is 11.9 Å². The third-order valence-electron chi connectivity index (χ3n) is 2.59. The summed E-state index contributed by atoms with van der Waals surface area (Å²) in [5.41, 5.74) is 6.63. The van der Waals surface area contributed by atoms with Crippen molar-refractivity contribution < 1.29 is 4.79 Å². The number of nitrogens with zero attached hydrogens (tertiary/aromatic N) is 2. The van der Waals surface area contributed by atoms with E-state index in [1.54, 1.807) is 6.20 Å².